The van der Waals surface area contributed by atoms with Gasteiger partial charge in [0.1, 0.15) is 5.82 Å². The van der Waals surface area contributed by atoms with Crippen LogP contribution in [-0.4, -0.2) is 31.7 Å². The van der Waals surface area contributed by atoms with Gasteiger partial charge in [-0.25, -0.2) is 12.8 Å². The molecule has 1 amide bonds. The third-order valence-electron chi connectivity index (χ3n) is 5.10. The first kappa shape index (κ1) is 20.5. The number of benzene rings is 2. The van der Waals surface area contributed by atoms with Gasteiger partial charge in [0, 0.05) is 24.7 Å². The number of halogens is 1. The van der Waals surface area contributed by atoms with Crippen molar-refractivity contribution >= 4 is 21.6 Å². The maximum Gasteiger partial charge on any atom is 0.243 e. The van der Waals surface area contributed by atoms with Crippen LogP contribution >= 0.6 is 0 Å². The maximum atomic E-state index is 13.1. The van der Waals surface area contributed by atoms with Crippen molar-refractivity contribution < 1.29 is 17.6 Å². The van der Waals surface area contributed by atoms with E-state index in [4.69, 9.17) is 0 Å². The summed E-state index contributed by atoms with van der Waals surface area (Å²) in [5, 5.41) is 2.95. The predicted molar refractivity (Wildman–Crippen MR) is 107 cm³/mol. The lowest BCUT2D eigenvalue weighted by Crippen LogP contribution is -2.41. The summed E-state index contributed by atoms with van der Waals surface area (Å²) < 4.78 is 39.8. The molecule has 1 aliphatic heterocycles. The van der Waals surface area contributed by atoms with Crippen LogP contribution in [0.1, 0.15) is 38.2 Å². The summed E-state index contributed by atoms with van der Waals surface area (Å²) >= 11 is 0. The third kappa shape index (κ3) is 4.59. The van der Waals surface area contributed by atoms with Crippen molar-refractivity contribution in [2.75, 3.05) is 18.4 Å². The van der Waals surface area contributed by atoms with Crippen molar-refractivity contribution in [3.8, 4) is 0 Å². The van der Waals surface area contributed by atoms with E-state index in [0.29, 0.717) is 18.8 Å². The van der Waals surface area contributed by atoms with Crippen LogP contribution in [0.15, 0.2) is 53.4 Å². The van der Waals surface area contributed by atoms with E-state index in [1.807, 2.05) is 24.3 Å². The minimum atomic E-state index is -3.67. The summed E-state index contributed by atoms with van der Waals surface area (Å²) in [7, 11) is -3.67. The van der Waals surface area contributed by atoms with Gasteiger partial charge in [-0.1, -0.05) is 26.0 Å². The van der Waals surface area contributed by atoms with E-state index >= 15 is 0 Å². The van der Waals surface area contributed by atoms with Crippen molar-refractivity contribution in [2.24, 2.45) is 5.92 Å². The molecule has 5 nitrogen and oxygen atoms in total. The molecule has 0 saturated carbocycles. The first-order chi connectivity index (χ1) is 13.3. The van der Waals surface area contributed by atoms with E-state index in [-0.39, 0.29) is 29.8 Å². The van der Waals surface area contributed by atoms with Gasteiger partial charge in [0.25, 0.3) is 0 Å². The summed E-state index contributed by atoms with van der Waals surface area (Å²) in [4.78, 5) is 12.7. The Balaban J connectivity index is 1.61. The zero-order valence-electron chi connectivity index (χ0n) is 16.1. The Bertz CT molecular complexity index is 934. The molecule has 3 rings (SSSR count). The highest BCUT2D eigenvalue weighted by Crippen LogP contribution is 2.26. The van der Waals surface area contributed by atoms with Crippen LogP contribution in [0.2, 0.25) is 0 Å². The van der Waals surface area contributed by atoms with Gasteiger partial charge >= 0.3 is 0 Å². The van der Waals surface area contributed by atoms with E-state index in [9.17, 15) is 17.6 Å². The number of rotatable bonds is 5. The molecule has 0 spiro atoms. The van der Waals surface area contributed by atoms with Crippen LogP contribution in [0.4, 0.5) is 10.1 Å². The highest BCUT2D eigenvalue weighted by atomic mass is 32.2. The highest BCUT2D eigenvalue weighted by molar-refractivity contribution is 7.89. The Labute approximate surface area is 165 Å². The van der Waals surface area contributed by atoms with E-state index in [2.05, 4.69) is 19.2 Å². The number of anilines is 1. The molecule has 0 atom stereocenters. The molecule has 1 fully saturated rings. The van der Waals surface area contributed by atoms with Gasteiger partial charge in [-0.05, 0) is 60.7 Å². The van der Waals surface area contributed by atoms with E-state index in [1.54, 1.807) is 0 Å². The smallest absolute Gasteiger partial charge is 0.243 e. The average Bonchev–Trinajstić information content (AvgIpc) is 2.68. The molecule has 0 unspecified atom stereocenters. The molecule has 1 saturated heterocycles. The minimum absolute atomic E-state index is 0.0716. The largest absolute Gasteiger partial charge is 0.326 e. The first-order valence-corrected chi connectivity index (χ1v) is 10.9. The second kappa shape index (κ2) is 8.41. The van der Waals surface area contributed by atoms with Crippen molar-refractivity contribution in [2.45, 2.75) is 37.5 Å². The lowest BCUT2D eigenvalue weighted by atomic mass is 9.97. The summed E-state index contributed by atoms with van der Waals surface area (Å²) in [6.07, 6.45) is 0.909. The van der Waals surface area contributed by atoms with Crippen LogP contribution in [0.5, 0.6) is 0 Å². The first-order valence-electron chi connectivity index (χ1n) is 9.44. The van der Waals surface area contributed by atoms with E-state index < -0.39 is 15.8 Å². The Morgan fingerprint density at radius 1 is 1.11 bits per heavy atom. The normalized spacial score (nSPS) is 16.3. The molecule has 150 valence electrons. The molecule has 0 aliphatic carbocycles. The molecule has 0 aromatic heterocycles. The van der Waals surface area contributed by atoms with Gasteiger partial charge in [-0.2, -0.15) is 4.31 Å². The fourth-order valence-electron chi connectivity index (χ4n) is 3.33. The highest BCUT2D eigenvalue weighted by Gasteiger charge is 2.32. The fraction of sp³-hybridized carbons (Fsp3) is 0.381. The minimum Gasteiger partial charge on any atom is -0.326 e. The molecular weight excluding hydrogens is 379 g/mol. The topological polar surface area (TPSA) is 66.5 Å². The molecule has 1 aliphatic rings. The monoisotopic (exact) mass is 404 g/mol. The Kier molecular flexibility index (Phi) is 6.15. The maximum absolute atomic E-state index is 13.1. The van der Waals surface area contributed by atoms with Gasteiger partial charge in [-0.15, -0.1) is 0 Å². The molecule has 1 heterocycles. The molecule has 1 N–H and O–H groups in total. The van der Waals surface area contributed by atoms with Crippen molar-refractivity contribution in [3.05, 3.63) is 59.9 Å². The second-order valence-corrected chi connectivity index (χ2v) is 9.34. The number of carbonyl (C=O) groups is 1. The number of piperidine rings is 1. The summed E-state index contributed by atoms with van der Waals surface area (Å²) in [5.41, 5.74) is 1.91. The number of nitrogens with one attached hydrogen (secondary N) is 1. The SMILES string of the molecule is CC(C)c1cccc(NC(=O)C2CCN(S(=O)(=O)c3ccc(F)cc3)CC2)c1. The summed E-state index contributed by atoms with van der Waals surface area (Å²) in [6, 6.07) is 12.6. The summed E-state index contributed by atoms with van der Waals surface area (Å²) in [6.45, 7) is 4.73. The Morgan fingerprint density at radius 3 is 2.36 bits per heavy atom. The average molecular weight is 405 g/mol. The van der Waals surface area contributed by atoms with Crippen LogP contribution in [0.25, 0.3) is 0 Å². The molecule has 28 heavy (non-hydrogen) atoms. The van der Waals surface area contributed by atoms with Crippen LogP contribution in [-0.2, 0) is 14.8 Å². The summed E-state index contributed by atoms with van der Waals surface area (Å²) in [5.74, 6) is -0.422. The zero-order chi connectivity index (χ0) is 20.3. The quantitative estimate of drug-likeness (QED) is 0.819. The van der Waals surface area contributed by atoms with Gasteiger partial charge in [0.05, 0.1) is 4.90 Å². The lowest BCUT2D eigenvalue weighted by Gasteiger charge is -2.30. The van der Waals surface area contributed by atoms with Crippen LogP contribution in [0.3, 0.4) is 0 Å². The van der Waals surface area contributed by atoms with Crippen molar-refractivity contribution in [3.63, 3.8) is 0 Å². The van der Waals surface area contributed by atoms with Crippen molar-refractivity contribution in [1.82, 2.24) is 4.31 Å². The van der Waals surface area contributed by atoms with Crippen LogP contribution < -0.4 is 5.32 Å². The second-order valence-electron chi connectivity index (χ2n) is 7.40. The zero-order valence-corrected chi connectivity index (χ0v) is 16.9. The number of hydrogen-bond acceptors (Lipinski definition) is 3. The van der Waals surface area contributed by atoms with Gasteiger partial charge in [-0.3, -0.25) is 4.79 Å². The Morgan fingerprint density at radius 2 is 1.75 bits per heavy atom. The molecule has 2 aromatic rings. The van der Waals surface area contributed by atoms with Crippen molar-refractivity contribution in [1.29, 1.82) is 0 Å². The Hall–Kier alpha value is -2.25. The number of nitrogens with zero attached hydrogens (tertiary/aromatic N) is 1. The standard InChI is InChI=1S/C21H25FN2O3S/c1-15(2)17-4-3-5-19(14-17)23-21(25)16-10-12-24(13-11-16)28(26,27)20-8-6-18(22)7-9-20/h3-9,14-16H,10-13H2,1-2H3,(H,23,25). The molecule has 7 heteroatoms. The number of sulfonamides is 1. The van der Waals surface area contributed by atoms with E-state index in [0.717, 1.165) is 23.4 Å². The van der Waals surface area contributed by atoms with Gasteiger partial charge in [0.2, 0.25) is 15.9 Å². The molecule has 0 radical (unpaired) electrons. The number of hydrogen-bond donors (Lipinski definition) is 1. The molecule has 0 bridgehead atoms. The molecule has 2 aromatic carbocycles. The number of amides is 1. The molecular formula is C21H25FN2O3S. The van der Waals surface area contributed by atoms with Gasteiger partial charge < -0.3 is 5.32 Å². The van der Waals surface area contributed by atoms with Crippen LogP contribution in [0, 0.1) is 11.7 Å². The predicted octanol–water partition coefficient (Wildman–Crippen LogP) is 3.99. The lowest BCUT2D eigenvalue weighted by molar-refractivity contribution is -0.120. The van der Waals surface area contributed by atoms with Gasteiger partial charge in [0.15, 0.2) is 0 Å². The third-order valence-corrected chi connectivity index (χ3v) is 7.01. The number of carbonyl (C=O) groups excluding carboxylic acids is 1. The van der Waals surface area contributed by atoms with E-state index in [1.165, 1.54) is 16.4 Å². The fourth-order valence-corrected chi connectivity index (χ4v) is 4.80.